The molecule has 0 aliphatic carbocycles. The lowest BCUT2D eigenvalue weighted by Crippen LogP contribution is -2.32. The van der Waals surface area contributed by atoms with Crippen molar-refractivity contribution in [1.29, 1.82) is 0 Å². The van der Waals surface area contributed by atoms with Gasteiger partial charge in [0.25, 0.3) is 5.91 Å². The molecule has 5 nitrogen and oxygen atoms in total. The maximum atomic E-state index is 13.5. The van der Waals surface area contributed by atoms with E-state index >= 15 is 0 Å². The SMILES string of the molecule is CN(C)Cc1ccc(C(=O)N2C[C@H](O)C[C@H]2c2cccc(F)c2)cn1. The molecule has 25 heavy (non-hydrogen) atoms. The Morgan fingerprint density at radius 2 is 2.16 bits per heavy atom. The zero-order valence-electron chi connectivity index (χ0n) is 14.4. The van der Waals surface area contributed by atoms with Crippen LogP contribution >= 0.6 is 0 Å². The van der Waals surface area contributed by atoms with Crippen molar-refractivity contribution in [1.82, 2.24) is 14.8 Å². The molecule has 1 saturated heterocycles. The van der Waals surface area contributed by atoms with E-state index in [1.807, 2.05) is 25.1 Å². The van der Waals surface area contributed by atoms with Crippen LogP contribution in [0.5, 0.6) is 0 Å². The van der Waals surface area contributed by atoms with Crippen LogP contribution in [-0.2, 0) is 6.54 Å². The Morgan fingerprint density at radius 1 is 1.36 bits per heavy atom. The van der Waals surface area contributed by atoms with E-state index in [-0.39, 0.29) is 24.3 Å². The van der Waals surface area contributed by atoms with Gasteiger partial charge in [-0.3, -0.25) is 9.78 Å². The molecule has 1 aliphatic rings. The van der Waals surface area contributed by atoms with Crippen LogP contribution in [0.4, 0.5) is 4.39 Å². The lowest BCUT2D eigenvalue weighted by atomic mass is 10.0. The van der Waals surface area contributed by atoms with Crippen molar-refractivity contribution in [3.8, 4) is 0 Å². The molecule has 0 bridgehead atoms. The number of hydrogen-bond acceptors (Lipinski definition) is 4. The Bertz CT molecular complexity index is 749. The highest BCUT2D eigenvalue weighted by Crippen LogP contribution is 2.33. The van der Waals surface area contributed by atoms with E-state index in [0.29, 0.717) is 24.1 Å². The number of benzene rings is 1. The molecule has 2 heterocycles. The van der Waals surface area contributed by atoms with E-state index in [2.05, 4.69) is 4.98 Å². The largest absolute Gasteiger partial charge is 0.391 e. The number of carbonyl (C=O) groups is 1. The van der Waals surface area contributed by atoms with Crippen LogP contribution in [-0.4, -0.2) is 52.5 Å². The summed E-state index contributed by atoms with van der Waals surface area (Å²) in [7, 11) is 3.91. The molecular weight excluding hydrogens is 321 g/mol. The van der Waals surface area contributed by atoms with E-state index in [1.165, 1.54) is 12.1 Å². The van der Waals surface area contributed by atoms with E-state index in [9.17, 15) is 14.3 Å². The molecular formula is C19H22FN3O2. The van der Waals surface area contributed by atoms with Gasteiger partial charge in [-0.2, -0.15) is 0 Å². The third kappa shape index (κ3) is 4.03. The first kappa shape index (κ1) is 17.5. The van der Waals surface area contributed by atoms with Crippen LogP contribution in [0.1, 0.15) is 34.1 Å². The van der Waals surface area contributed by atoms with Gasteiger partial charge in [0.1, 0.15) is 5.82 Å². The molecule has 1 aromatic carbocycles. The number of hydrogen-bond donors (Lipinski definition) is 1. The molecule has 1 N–H and O–H groups in total. The Kier molecular flexibility index (Phi) is 5.11. The van der Waals surface area contributed by atoms with Crippen LogP contribution < -0.4 is 0 Å². The summed E-state index contributed by atoms with van der Waals surface area (Å²) in [6, 6.07) is 9.44. The van der Waals surface area contributed by atoms with Gasteiger partial charge in [0.15, 0.2) is 0 Å². The standard InChI is InChI=1S/C19H22FN3O2/c1-22(2)11-16-7-6-14(10-21-16)19(25)23-12-17(24)9-18(23)13-4-3-5-15(20)8-13/h3-8,10,17-18,24H,9,11-12H2,1-2H3/t17-,18+/m1/s1. The predicted octanol–water partition coefficient (Wildman–Crippen LogP) is 2.23. The summed E-state index contributed by atoms with van der Waals surface area (Å²) in [5, 5.41) is 10.0. The quantitative estimate of drug-likeness (QED) is 0.925. The number of likely N-dealkylation sites (tertiary alicyclic amines) is 1. The molecule has 6 heteroatoms. The third-order valence-electron chi connectivity index (χ3n) is 4.32. The van der Waals surface area contributed by atoms with Crippen LogP contribution in [0.3, 0.4) is 0 Å². The summed E-state index contributed by atoms with van der Waals surface area (Å²) >= 11 is 0. The predicted molar refractivity (Wildman–Crippen MR) is 92.4 cm³/mol. The highest BCUT2D eigenvalue weighted by atomic mass is 19.1. The number of aliphatic hydroxyl groups is 1. The van der Waals surface area contributed by atoms with Gasteiger partial charge in [-0.1, -0.05) is 12.1 Å². The smallest absolute Gasteiger partial charge is 0.256 e. The third-order valence-corrected chi connectivity index (χ3v) is 4.32. The van der Waals surface area contributed by atoms with Gasteiger partial charge in [0.05, 0.1) is 23.4 Å². The molecule has 0 unspecified atom stereocenters. The molecule has 3 rings (SSSR count). The fourth-order valence-corrected chi connectivity index (χ4v) is 3.20. The first-order chi connectivity index (χ1) is 11.9. The van der Waals surface area contributed by atoms with Crippen LogP contribution in [0, 0.1) is 5.82 Å². The first-order valence-electron chi connectivity index (χ1n) is 8.28. The number of halogens is 1. The van der Waals surface area contributed by atoms with Gasteiger partial charge in [0.2, 0.25) is 0 Å². The van der Waals surface area contributed by atoms with E-state index in [0.717, 1.165) is 5.69 Å². The lowest BCUT2D eigenvalue weighted by molar-refractivity contribution is 0.0715. The second-order valence-electron chi connectivity index (χ2n) is 6.69. The van der Waals surface area contributed by atoms with Gasteiger partial charge in [-0.05, 0) is 50.3 Å². The second-order valence-corrected chi connectivity index (χ2v) is 6.69. The Balaban J connectivity index is 1.82. The summed E-state index contributed by atoms with van der Waals surface area (Å²) in [6.07, 6.45) is 1.36. The normalized spacial score (nSPS) is 20.3. The fourth-order valence-electron chi connectivity index (χ4n) is 3.20. The summed E-state index contributed by atoms with van der Waals surface area (Å²) in [6.45, 7) is 0.933. The van der Waals surface area contributed by atoms with Gasteiger partial charge in [0, 0.05) is 19.3 Å². The van der Waals surface area contributed by atoms with Crippen LogP contribution in [0.25, 0.3) is 0 Å². The topological polar surface area (TPSA) is 56.7 Å². The number of amides is 1. The van der Waals surface area contributed by atoms with Crippen molar-refractivity contribution < 1.29 is 14.3 Å². The summed E-state index contributed by atoms with van der Waals surface area (Å²) < 4.78 is 13.5. The van der Waals surface area contributed by atoms with E-state index in [4.69, 9.17) is 0 Å². The molecule has 2 aromatic rings. The van der Waals surface area contributed by atoms with Gasteiger partial charge in [-0.15, -0.1) is 0 Å². The van der Waals surface area contributed by atoms with Crippen molar-refractivity contribution >= 4 is 5.91 Å². The number of carbonyl (C=O) groups excluding carboxylic acids is 1. The number of nitrogens with zero attached hydrogens (tertiary/aromatic N) is 3. The van der Waals surface area contributed by atoms with Crippen molar-refractivity contribution in [3.05, 3.63) is 65.2 Å². The minimum atomic E-state index is -0.613. The Morgan fingerprint density at radius 3 is 2.80 bits per heavy atom. The number of β-amino-alcohol motifs (C(OH)–C–C–N with tert-alkyl or cyclic N) is 1. The summed E-state index contributed by atoms with van der Waals surface area (Å²) in [5.41, 5.74) is 2.05. The van der Waals surface area contributed by atoms with Gasteiger partial charge in [-0.25, -0.2) is 4.39 Å². The minimum absolute atomic E-state index is 0.199. The fraction of sp³-hybridized carbons (Fsp3) is 0.368. The molecule has 1 aromatic heterocycles. The maximum absolute atomic E-state index is 13.5. The molecule has 0 radical (unpaired) electrons. The Hall–Kier alpha value is -2.31. The number of rotatable bonds is 4. The second kappa shape index (κ2) is 7.29. The number of aromatic nitrogens is 1. The number of aliphatic hydroxyl groups excluding tert-OH is 1. The van der Waals surface area contributed by atoms with Crippen molar-refractivity contribution in [3.63, 3.8) is 0 Å². The van der Waals surface area contributed by atoms with Crippen LogP contribution in [0.2, 0.25) is 0 Å². The first-order valence-corrected chi connectivity index (χ1v) is 8.28. The molecule has 0 spiro atoms. The highest BCUT2D eigenvalue weighted by Gasteiger charge is 2.35. The monoisotopic (exact) mass is 343 g/mol. The van der Waals surface area contributed by atoms with E-state index in [1.54, 1.807) is 29.3 Å². The average Bonchev–Trinajstić information content (AvgIpc) is 2.96. The minimum Gasteiger partial charge on any atom is -0.391 e. The lowest BCUT2D eigenvalue weighted by Gasteiger charge is -2.25. The zero-order valence-corrected chi connectivity index (χ0v) is 14.4. The average molecular weight is 343 g/mol. The summed E-state index contributed by atoms with van der Waals surface area (Å²) in [5.74, 6) is -0.546. The Labute approximate surface area is 146 Å². The number of pyridine rings is 1. The van der Waals surface area contributed by atoms with Crippen LogP contribution in [0.15, 0.2) is 42.6 Å². The molecule has 2 atom stereocenters. The summed E-state index contributed by atoms with van der Waals surface area (Å²) in [4.78, 5) is 20.8. The molecule has 1 amide bonds. The molecule has 1 aliphatic heterocycles. The van der Waals surface area contributed by atoms with E-state index < -0.39 is 6.10 Å². The van der Waals surface area contributed by atoms with Crippen molar-refractivity contribution in [2.45, 2.75) is 25.1 Å². The van der Waals surface area contributed by atoms with Crippen molar-refractivity contribution in [2.24, 2.45) is 0 Å². The van der Waals surface area contributed by atoms with Gasteiger partial charge < -0.3 is 14.9 Å². The molecule has 0 saturated carbocycles. The molecule has 1 fully saturated rings. The maximum Gasteiger partial charge on any atom is 0.256 e. The van der Waals surface area contributed by atoms with Gasteiger partial charge >= 0.3 is 0 Å². The highest BCUT2D eigenvalue weighted by molar-refractivity contribution is 5.94. The zero-order chi connectivity index (χ0) is 18.0. The van der Waals surface area contributed by atoms with Crippen molar-refractivity contribution in [2.75, 3.05) is 20.6 Å². The molecule has 132 valence electrons.